The van der Waals surface area contributed by atoms with Crippen LogP contribution in [0, 0.1) is 23.7 Å². The maximum atomic E-state index is 11.9. The second kappa shape index (κ2) is 11.4. The normalized spacial score (nSPS) is 9.35. The van der Waals surface area contributed by atoms with E-state index in [1.54, 1.807) is 19.1 Å². The van der Waals surface area contributed by atoms with Crippen molar-refractivity contribution in [1.82, 2.24) is 0 Å². The number of hydrogen-bond donors (Lipinski definition) is 0. The minimum absolute atomic E-state index is 0.311. The van der Waals surface area contributed by atoms with E-state index in [0.29, 0.717) is 12.2 Å². The molecule has 0 heterocycles. The second-order valence-electron chi connectivity index (χ2n) is 5.29. The standard InChI is InChI=1S/C21H26O2/c1-4-7-9-11-13-18-15-16-20(21(22)23-6-3)17-19(18)14-12-10-8-5-2/h15-17H,4-10H2,1-3H3. The lowest BCUT2D eigenvalue weighted by atomic mass is 10.0. The molecule has 0 radical (unpaired) electrons. The molecule has 0 spiro atoms. The third kappa shape index (κ3) is 7.07. The summed E-state index contributed by atoms with van der Waals surface area (Å²) in [5.74, 6) is 12.4. The zero-order valence-corrected chi connectivity index (χ0v) is 14.5. The van der Waals surface area contributed by atoms with Gasteiger partial charge in [0.25, 0.3) is 0 Å². The van der Waals surface area contributed by atoms with E-state index in [1.165, 1.54) is 0 Å². The zero-order chi connectivity index (χ0) is 16.9. The molecule has 0 amide bonds. The molecule has 1 aromatic rings. The Bertz CT molecular complexity index is 621. The summed E-state index contributed by atoms with van der Waals surface area (Å²) in [6, 6.07) is 5.43. The number of carbonyl (C=O) groups excluding carboxylic acids is 1. The Morgan fingerprint density at radius 3 is 2.13 bits per heavy atom. The molecule has 0 fully saturated rings. The van der Waals surface area contributed by atoms with Gasteiger partial charge in [0.15, 0.2) is 0 Å². The Hall–Kier alpha value is -2.19. The number of hydrogen-bond acceptors (Lipinski definition) is 2. The van der Waals surface area contributed by atoms with Gasteiger partial charge in [0.1, 0.15) is 0 Å². The van der Waals surface area contributed by atoms with Gasteiger partial charge in [-0.3, -0.25) is 0 Å². The molecule has 1 rings (SSSR count). The molecule has 2 heteroatoms. The van der Waals surface area contributed by atoms with E-state index in [-0.39, 0.29) is 5.97 Å². The summed E-state index contributed by atoms with van der Waals surface area (Å²) >= 11 is 0. The lowest BCUT2D eigenvalue weighted by Crippen LogP contribution is -2.05. The van der Waals surface area contributed by atoms with Crippen LogP contribution in [-0.4, -0.2) is 12.6 Å². The van der Waals surface area contributed by atoms with Gasteiger partial charge < -0.3 is 4.74 Å². The number of rotatable bonds is 6. The topological polar surface area (TPSA) is 26.3 Å². The van der Waals surface area contributed by atoms with E-state index < -0.39 is 0 Å². The summed E-state index contributed by atoms with van der Waals surface area (Å²) in [7, 11) is 0. The van der Waals surface area contributed by atoms with Crippen molar-refractivity contribution in [3.8, 4) is 23.7 Å². The van der Waals surface area contributed by atoms with Gasteiger partial charge in [-0.05, 0) is 38.0 Å². The minimum Gasteiger partial charge on any atom is -0.462 e. The van der Waals surface area contributed by atoms with Crippen LogP contribution in [-0.2, 0) is 4.74 Å². The van der Waals surface area contributed by atoms with E-state index in [0.717, 1.165) is 49.7 Å². The van der Waals surface area contributed by atoms with Crippen molar-refractivity contribution >= 4 is 5.97 Å². The fourth-order valence-corrected chi connectivity index (χ4v) is 1.94. The molecular weight excluding hydrogens is 284 g/mol. The smallest absolute Gasteiger partial charge is 0.338 e. The zero-order valence-electron chi connectivity index (χ0n) is 14.5. The predicted molar refractivity (Wildman–Crippen MR) is 95.2 cm³/mol. The van der Waals surface area contributed by atoms with E-state index in [4.69, 9.17) is 4.74 Å². The Morgan fingerprint density at radius 2 is 1.57 bits per heavy atom. The fourth-order valence-electron chi connectivity index (χ4n) is 1.94. The SMILES string of the molecule is CCCCC#Cc1ccc(C(=O)OCC)cc1C#CCCCC. The van der Waals surface area contributed by atoms with Gasteiger partial charge in [-0.2, -0.15) is 0 Å². The van der Waals surface area contributed by atoms with Crippen molar-refractivity contribution in [2.45, 2.75) is 59.3 Å². The second-order valence-corrected chi connectivity index (χ2v) is 5.29. The van der Waals surface area contributed by atoms with Crippen molar-refractivity contribution in [3.05, 3.63) is 34.9 Å². The Labute approximate surface area is 140 Å². The summed E-state index contributed by atoms with van der Waals surface area (Å²) in [5, 5.41) is 0. The molecule has 0 bridgehead atoms. The highest BCUT2D eigenvalue weighted by atomic mass is 16.5. The highest BCUT2D eigenvalue weighted by Gasteiger charge is 2.08. The maximum Gasteiger partial charge on any atom is 0.338 e. The van der Waals surface area contributed by atoms with E-state index in [2.05, 4.69) is 37.5 Å². The average molecular weight is 310 g/mol. The number of unbranched alkanes of at least 4 members (excludes halogenated alkanes) is 4. The highest BCUT2D eigenvalue weighted by Crippen LogP contribution is 2.12. The summed E-state index contributed by atoms with van der Waals surface area (Å²) in [6.07, 6.45) is 6.20. The first-order valence-electron chi connectivity index (χ1n) is 8.51. The summed E-state index contributed by atoms with van der Waals surface area (Å²) in [5.41, 5.74) is 2.24. The summed E-state index contributed by atoms with van der Waals surface area (Å²) in [4.78, 5) is 11.9. The van der Waals surface area contributed by atoms with E-state index >= 15 is 0 Å². The molecular formula is C21H26O2. The average Bonchev–Trinajstić information content (AvgIpc) is 2.56. The van der Waals surface area contributed by atoms with Gasteiger partial charge in [0.05, 0.1) is 12.2 Å². The first-order valence-corrected chi connectivity index (χ1v) is 8.51. The van der Waals surface area contributed by atoms with Crippen LogP contribution in [0.25, 0.3) is 0 Å². The largest absolute Gasteiger partial charge is 0.462 e. The Morgan fingerprint density at radius 1 is 0.957 bits per heavy atom. The molecule has 0 aliphatic carbocycles. The van der Waals surface area contributed by atoms with Gasteiger partial charge in [-0.25, -0.2) is 4.79 Å². The molecule has 0 aliphatic rings. The number of benzene rings is 1. The van der Waals surface area contributed by atoms with Gasteiger partial charge >= 0.3 is 5.97 Å². The number of esters is 1. The molecule has 0 saturated heterocycles. The third-order valence-electron chi connectivity index (χ3n) is 3.29. The van der Waals surface area contributed by atoms with Crippen LogP contribution in [0.4, 0.5) is 0 Å². The van der Waals surface area contributed by atoms with Crippen molar-refractivity contribution in [2.75, 3.05) is 6.61 Å². The quantitative estimate of drug-likeness (QED) is 0.422. The summed E-state index contributed by atoms with van der Waals surface area (Å²) in [6.45, 7) is 6.47. The molecule has 0 atom stereocenters. The molecule has 122 valence electrons. The van der Waals surface area contributed by atoms with E-state index in [9.17, 15) is 4.79 Å². The Balaban J connectivity index is 3.03. The van der Waals surface area contributed by atoms with Crippen LogP contribution in [0.3, 0.4) is 0 Å². The van der Waals surface area contributed by atoms with Crippen molar-refractivity contribution in [3.63, 3.8) is 0 Å². The first-order chi connectivity index (χ1) is 11.2. The predicted octanol–water partition coefficient (Wildman–Crippen LogP) is 4.95. The molecule has 1 aromatic carbocycles. The van der Waals surface area contributed by atoms with Crippen LogP contribution in [0.1, 0.15) is 80.8 Å². The van der Waals surface area contributed by atoms with Crippen LogP contribution in [0.5, 0.6) is 0 Å². The monoisotopic (exact) mass is 310 g/mol. The molecule has 0 unspecified atom stereocenters. The molecule has 0 N–H and O–H groups in total. The van der Waals surface area contributed by atoms with Gasteiger partial charge in [0, 0.05) is 24.0 Å². The van der Waals surface area contributed by atoms with Crippen molar-refractivity contribution in [1.29, 1.82) is 0 Å². The lowest BCUT2D eigenvalue weighted by molar-refractivity contribution is 0.0526. The lowest BCUT2D eigenvalue weighted by Gasteiger charge is -2.04. The summed E-state index contributed by atoms with van der Waals surface area (Å²) < 4.78 is 5.06. The van der Waals surface area contributed by atoms with Crippen LogP contribution in [0.2, 0.25) is 0 Å². The van der Waals surface area contributed by atoms with E-state index in [1.807, 2.05) is 6.07 Å². The molecule has 0 saturated carbocycles. The fraction of sp³-hybridized carbons (Fsp3) is 0.476. The third-order valence-corrected chi connectivity index (χ3v) is 3.29. The maximum absolute atomic E-state index is 11.9. The Kier molecular flexibility index (Phi) is 9.34. The minimum atomic E-state index is -0.311. The number of carbonyl (C=O) groups is 1. The molecule has 0 aromatic heterocycles. The van der Waals surface area contributed by atoms with Gasteiger partial charge in [-0.15, -0.1) is 0 Å². The van der Waals surface area contributed by atoms with Gasteiger partial charge in [0.2, 0.25) is 0 Å². The highest BCUT2D eigenvalue weighted by molar-refractivity contribution is 5.90. The molecule has 23 heavy (non-hydrogen) atoms. The molecule has 2 nitrogen and oxygen atoms in total. The molecule has 0 aliphatic heterocycles. The van der Waals surface area contributed by atoms with Crippen molar-refractivity contribution in [2.24, 2.45) is 0 Å². The van der Waals surface area contributed by atoms with Crippen LogP contribution in [0.15, 0.2) is 18.2 Å². The van der Waals surface area contributed by atoms with Gasteiger partial charge in [-0.1, -0.05) is 50.4 Å². The first kappa shape index (κ1) is 18.9. The van der Waals surface area contributed by atoms with Crippen molar-refractivity contribution < 1.29 is 9.53 Å². The number of ether oxygens (including phenoxy) is 1. The van der Waals surface area contributed by atoms with Crippen LogP contribution >= 0.6 is 0 Å². The van der Waals surface area contributed by atoms with Crippen LogP contribution < -0.4 is 0 Å².